The number of hydrogen-bond donors (Lipinski definition) is 1. The molecule has 18 heavy (non-hydrogen) atoms. The second-order valence-corrected chi connectivity index (χ2v) is 5.13. The number of methoxy groups -OCH3 is 1. The zero-order chi connectivity index (χ0) is 13.2. The lowest BCUT2D eigenvalue weighted by molar-refractivity contribution is -0.151. The second-order valence-electron chi connectivity index (χ2n) is 5.13. The predicted molar refractivity (Wildman–Crippen MR) is 65.8 cm³/mol. The molecule has 1 saturated carbocycles. The first kappa shape index (κ1) is 13.0. The normalized spacial score (nSPS) is 18.7. The van der Waals surface area contributed by atoms with E-state index in [0.29, 0.717) is 12.5 Å². The van der Waals surface area contributed by atoms with E-state index in [0.717, 1.165) is 12.8 Å². The number of nitrogens with zero attached hydrogens (tertiary/aromatic N) is 3. The lowest BCUT2D eigenvalue weighted by atomic mass is 9.92. The standard InChI is InChI=1S/C12H20N4O2/c1-9(2)15-12(10-4-5-10,11(17)18-3)6-16-8-13-7-14-16/h7-10,15H,4-6H2,1-3H3. The Morgan fingerprint density at radius 3 is 2.78 bits per heavy atom. The molecule has 1 N–H and O–H groups in total. The van der Waals surface area contributed by atoms with Crippen molar-refractivity contribution in [2.24, 2.45) is 5.92 Å². The van der Waals surface area contributed by atoms with Crippen molar-refractivity contribution in [1.29, 1.82) is 0 Å². The number of aromatic nitrogens is 3. The summed E-state index contributed by atoms with van der Waals surface area (Å²) in [4.78, 5) is 16.2. The first-order chi connectivity index (χ1) is 8.58. The van der Waals surface area contributed by atoms with Crippen molar-refractivity contribution >= 4 is 5.97 Å². The van der Waals surface area contributed by atoms with Crippen LogP contribution in [0.5, 0.6) is 0 Å². The molecule has 1 aliphatic rings. The van der Waals surface area contributed by atoms with Crippen molar-refractivity contribution in [1.82, 2.24) is 20.1 Å². The molecule has 6 heteroatoms. The summed E-state index contributed by atoms with van der Waals surface area (Å²) in [5, 5.41) is 7.47. The summed E-state index contributed by atoms with van der Waals surface area (Å²) >= 11 is 0. The van der Waals surface area contributed by atoms with Gasteiger partial charge in [-0.1, -0.05) is 0 Å². The minimum Gasteiger partial charge on any atom is -0.468 e. The average molecular weight is 252 g/mol. The Balaban J connectivity index is 2.26. The molecule has 0 aromatic carbocycles. The maximum atomic E-state index is 12.2. The van der Waals surface area contributed by atoms with Gasteiger partial charge in [-0.25, -0.2) is 9.78 Å². The van der Waals surface area contributed by atoms with Crippen LogP contribution >= 0.6 is 0 Å². The molecule has 0 saturated heterocycles. The highest BCUT2D eigenvalue weighted by molar-refractivity contribution is 5.81. The van der Waals surface area contributed by atoms with Crippen LogP contribution in [0.25, 0.3) is 0 Å². The van der Waals surface area contributed by atoms with E-state index in [1.165, 1.54) is 13.4 Å². The molecular weight excluding hydrogens is 232 g/mol. The number of esters is 1. The van der Waals surface area contributed by atoms with E-state index in [1.807, 2.05) is 13.8 Å². The third-order valence-electron chi connectivity index (χ3n) is 3.25. The van der Waals surface area contributed by atoms with Gasteiger partial charge in [0.25, 0.3) is 0 Å². The minimum atomic E-state index is -0.684. The molecule has 100 valence electrons. The summed E-state index contributed by atoms with van der Waals surface area (Å²) in [6.07, 6.45) is 5.19. The van der Waals surface area contributed by atoms with Gasteiger partial charge in [0.05, 0.1) is 13.7 Å². The van der Waals surface area contributed by atoms with Crippen LogP contribution in [0.1, 0.15) is 26.7 Å². The van der Waals surface area contributed by atoms with Crippen molar-refractivity contribution in [3.05, 3.63) is 12.7 Å². The second kappa shape index (κ2) is 5.06. The molecule has 2 rings (SSSR count). The summed E-state index contributed by atoms with van der Waals surface area (Å²) in [6, 6.07) is 0.202. The Morgan fingerprint density at radius 1 is 1.61 bits per heavy atom. The Morgan fingerprint density at radius 2 is 2.33 bits per heavy atom. The Labute approximate surface area is 107 Å². The number of nitrogens with one attached hydrogen (secondary N) is 1. The highest BCUT2D eigenvalue weighted by atomic mass is 16.5. The van der Waals surface area contributed by atoms with Gasteiger partial charge >= 0.3 is 5.97 Å². The van der Waals surface area contributed by atoms with E-state index in [1.54, 1.807) is 11.0 Å². The van der Waals surface area contributed by atoms with Crippen molar-refractivity contribution < 1.29 is 9.53 Å². The van der Waals surface area contributed by atoms with Gasteiger partial charge < -0.3 is 4.74 Å². The molecule has 0 radical (unpaired) electrons. The van der Waals surface area contributed by atoms with E-state index in [-0.39, 0.29) is 12.0 Å². The SMILES string of the molecule is COC(=O)C(Cn1cncn1)(NC(C)C)C1CC1. The highest BCUT2D eigenvalue weighted by Crippen LogP contribution is 2.41. The quantitative estimate of drug-likeness (QED) is 0.751. The van der Waals surface area contributed by atoms with Crippen molar-refractivity contribution in [3.8, 4) is 0 Å². The molecule has 1 aromatic heterocycles. The number of ether oxygens (including phenoxy) is 1. The van der Waals surface area contributed by atoms with Crippen LogP contribution in [0.15, 0.2) is 12.7 Å². The number of hydrogen-bond acceptors (Lipinski definition) is 5. The fraction of sp³-hybridized carbons (Fsp3) is 0.750. The maximum Gasteiger partial charge on any atom is 0.328 e. The molecule has 1 aromatic rings. The van der Waals surface area contributed by atoms with Crippen LogP contribution in [0.3, 0.4) is 0 Å². The molecule has 0 spiro atoms. The molecule has 6 nitrogen and oxygen atoms in total. The molecule has 1 atom stereocenters. The number of carbonyl (C=O) groups is 1. The van der Waals surface area contributed by atoms with Crippen LogP contribution in [-0.2, 0) is 16.1 Å². The van der Waals surface area contributed by atoms with Crippen LogP contribution in [-0.4, -0.2) is 39.4 Å². The van der Waals surface area contributed by atoms with Crippen molar-refractivity contribution in [2.75, 3.05) is 7.11 Å². The van der Waals surface area contributed by atoms with Crippen LogP contribution in [0, 0.1) is 5.92 Å². The van der Waals surface area contributed by atoms with Gasteiger partial charge in [0, 0.05) is 6.04 Å². The topological polar surface area (TPSA) is 69.0 Å². The third-order valence-corrected chi connectivity index (χ3v) is 3.25. The fourth-order valence-corrected chi connectivity index (χ4v) is 2.43. The molecule has 0 aliphatic heterocycles. The Bertz CT molecular complexity index is 400. The molecule has 0 bridgehead atoms. The lowest BCUT2D eigenvalue weighted by Crippen LogP contribution is -2.59. The molecule has 1 unspecified atom stereocenters. The van der Waals surface area contributed by atoms with Gasteiger partial charge in [-0.15, -0.1) is 0 Å². The maximum absolute atomic E-state index is 12.2. The number of rotatable bonds is 6. The van der Waals surface area contributed by atoms with Crippen LogP contribution in [0.2, 0.25) is 0 Å². The van der Waals surface area contributed by atoms with Crippen LogP contribution < -0.4 is 5.32 Å². The smallest absolute Gasteiger partial charge is 0.328 e. The monoisotopic (exact) mass is 252 g/mol. The Kier molecular flexibility index (Phi) is 3.65. The van der Waals surface area contributed by atoms with Crippen molar-refractivity contribution in [2.45, 2.75) is 44.8 Å². The van der Waals surface area contributed by atoms with Gasteiger partial charge in [-0.05, 0) is 32.6 Å². The van der Waals surface area contributed by atoms with Gasteiger partial charge in [-0.2, -0.15) is 5.10 Å². The lowest BCUT2D eigenvalue weighted by Gasteiger charge is -2.34. The molecule has 1 heterocycles. The van der Waals surface area contributed by atoms with Gasteiger partial charge in [0.1, 0.15) is 18.2 Å². The summed E-state index contributed by atoms with van der Waals surface area (Å²) in [6.45, 7) is 4.52. The molecular formula is C12H20N4O2. The van der Waals surface area contributed by atoms with E-state index in [9.17, 15) is 4.79 Å². The summed E-state index contributed by atoms with van der Waals surface area (Å²) in [7, 11) is 1.43. The third kappa shape index (κ3) is 2.53. The summed E-state index contributed by atoms with van der Waals surface area (Å²) in [5.74, 6) is 0.103. The number of carbonyl (C=O) groups excluding carboxylic acids is 1. The zero-order valence-corrected chi connectivity index (χ0v) is 11.1. The highest BCUT2D eigenvalue weighted by Gasteiger charge is 2.52. The van der Waals surface area contributed by atoms with Crippen LogP contribution in [0.4, 0.5) is 0 Å². The summed E-state index contributed by atoms with van der Waals surface area (Å²) in [5.41, 5.74) is -0.684. The first-order valence-corrected chi connectivity index (χ1v) is 6.27. The fourth-order valence-electron chi connectivity index (χ4n) is 2.43. The Hall–Kier alpha value is -1.43. The van der Waals surface area contributed by atoms with Crippen molar-refractivity contribution in [3.63, 3.8) is 0 Å². The molecule has 0 amide bonds. The van der Waals surface area contributed by atoms with Gasteiger partial charge in [0.2, 0.25) is 0 Å². The van der Waals surface area contributed by atoms with E-state index < -0.39 is 5.54 Å². The van der Waals surface area contributed by atoms with E-state index >= 15 is 0 Å². The summed E-state index contributed by atoms with van der Waals surface area (Å²) < 4.78 is 6.69. The average Bonchev–Trinajstić information content (AvgIpc) is 3.07. The molecule has 1 aliphatic carbocycles. The van der Waals surface area contributed by atoms with Gasteiger partial charge in [0.15, 0.2) is 0 Å². The van der Waals surface area contributed by atoms with Gasteiger partial charge in [-0.3, -0.25) is 10.00 Å². The molecule has 1 fully saturated rings. The zero-order valence-electron chi connectivity index (χ0n) is 11.1. The predicted octanol–water partition coefficient (Wildman–Crippen LogP) is 0.598. The largest absolute Gasteiger partial charge is 0.468 e. The van der Waals surface area contributed by atoms with E-state index in [2.05, 4.69) is 15.4 Å². The van der Waals surface area contributed by atoms with E-state index in [4.69, 9.17) is 4.74 Å². The minimum absolute atomic E-state index is 0.202. The first-order valence-electron chi connectivity index (χ1n) is 6.27.